The molecule has 20 heavy (non-hydrogen) atoms. The summed E-state index contributed by atoms with van der Waals surface area (Å²) in [5, 5.41) is 3.67. The molecular formula is C18H22N2. The summed E-state index contributed by atoms with van der Waals surface area (Å²) in [6.45, 7) is 1.66. The van der Waals surface area contributed by atoms with Gasteiger partial charge in [0, 0.05) is 31.0 Å². The molecule has 3 unspecified atom stereocenters. The van der Waals surface area contributed by atoms with E-state index in [9.17, 15) is 0 Å². The zero-order valence-corrected chi connectivity index (χ0v) is 11.7. The Hall–Kier alpha value is -1.64. The molecule has 0 bridgehead atoms. The Bertz CT molecular complexity index is 524. The van der Waals surface area contributed by atoms with Crippen molar-refractivity contribution in [2.24, 2.45) is 5.73 Å². The van der Waals surface area contributed by atoms with Crippen LogP contribution < -0.4 is 11.1 Å². The fourth-order valence-electron chi connectivity index (χ4n) is 2.85. The normalized spacial score (nSPS) is 22.4. The molecule has 0 spiro atoms. The average Bonchev–Trinajstić information content (AvgIpc) is 3.30. The van der Waals surface area contributed by atoms with Gasteiger partial charge in [0.05, 0.1) is 0 Å². The summed E-state index contributed by atoms with van der Waals surface area (Å²) in [6.07, 6.45) is 1.25. The van der Waals surface area contributed by atoms with Gasteiger partial charge in [-0.15, -0.1) is 0 Å². The Balaban J connectivity index is 1.53. The summed E-state index contributed by atoms with van der Waals surface area (Å²) in [7, 11) is 0. The molecule has 0 radical (unpaired) electrons. The van der Waals surface area contributed by atoms with Gasteiger partial charge in [0.15, 0.2) is 0 Å². The molecule has 1 fully saturated rings. The molecule has 0 amide bonds. The van der Waals surface area contributed by atoms with Crippen LogP contribution in [0, 0.1) is 0 Å². The third-order valence-electron chi connectivity index (χ3n) is 4.20. The Morgan fingerprint density at radius 3 is 2.30 bits per heavy atom. The van der Waals surface area contributed by atoms with Crippen LogP contribution in [0.15, 0.2) is 60.7 Å². The first-order chi connectivity index (χ1) is 9.88. The van der Waals surface area contributed by atoms with Gasteiger partial charge in [-0.1, -0.05) is 60.7 Å². The smallest absolute Gasteiger partial charge is 0.0143 e. The van der Waals surface area contributed by atoms with E-state index in [4.69, 9.17) is 5.73 Å². The molecule has 2 heteroatoms. The summed E-state index contributed by atoms with van der Waals surface area (Å²) >= 11 is 0. The van der Waals surface area contributed by atoms with Crippen molar-refractivity contribution in [3.05, 3.63) is 71.8 Å². The molecule has 0 saturated heterocycles. The van der Waals surface area contributed by atoms with Gasteiger partial charge in [0.25, 0.3) is 0 Å². The molecule has 2 nitrogen and oxygen atoms in total. The van der Waals surface area contributed by atoms with Crippen molar-refractivity contribution in [3.8, 4) is 0 Å². The molecule has 1 aliphatic rings. The van der Waals surface area contributed by atoms with Gasteiger partial charge in [0.1, 0.15) is 0 Å². The zero-order chi connectivity index (χ0) is 13.8. The van der Waals surface area contributed by atoms with Crippen LogP contribution in [0.1, 0.15) is 29.4 Å². The van der Waals surface area contributed by atoms with Crippen molar-refractivity contribution >= 4 is 0 Å². The van der Waals surface area contributed by atoms with E-state index in [1.807, 2.05) is 0 Å². The largest absolute Gasteiger partial charge is 0.330 e. The second kappa shape index (κ2) is 6.21. The van der Waals surface area contributed by atoms with Crippen molar-refractivity contribution in [1.82, 2.24) is 5.32 Å². The van der Waals surface area contributed by atoms with E-state index in [0.29, 0.717) is 24.4 Å². The molecule has 1 aliphatic carbocycles. The van der Waals surface area contributed by atoms with Crippen LogP contribution in [0.5, 0.6) is 0 Å². The van der Waals surface area contributed by atoms with Crippen molar-refractivity contribution in [3.63, 3.8) is 0 Å². The first-order valence-electron chi connectivity index (χ1n) is 7.42. The maximum absolute atomic E-state index is 5.92. The third-order valence-corrected chi connectivity index (χ3v) is 4.20. The van der Waals surface area contributed by atoms with Crippen molar-refractivity contribution < 1.29 is 0 Å². The number of hydrogen-bond donors (Lipinski definition) is 2. The standard InChI is InChI=1S/C18H22N2/c19-12-16(14-7-3-1-4-8-14)13-20-18-11-17(18)15-9-5-2-6-10-15/h1-10,16-18,20H,11-13,19H2. The lowest BCUT2D eigenvalue weighted by molar-refractivity contribution is 0.579. The highest BCUT2D eigenvalue weighted by Gasteiger charge is 2.37. The van der Waals surface area contributed by atoms with Crippen LogP contribution in [-0.4, -0.2) is 19.1 Å². The van der Waals surface area contributed by atoms with E-state index >= 15 is 0 Å². The van der Waals surface area contributed by atoms with E-state index in [1.165, 1.54) is 17.5 Å². The molecule has 3 rings (SSSR count). The van der Waals surface area contributed by atoms with Gasteiger partial charge < -0.3 is 11.1 Å². The molecule has 0 aromatic heterocycles. The first-order valence-corrected chi connectivity index (χ1v) is 7.42. The van der Waals surface area contributed by atoms with E-state index in [2.05, 4.69) is 66.0 Å². The third kappa shape index (κ3) is 3.09. The van der Waals surface area contributed by atoms with Crippen molar-refractivity contribution in [1.29, 1.82) is 0 Å². The summed E-state index contributed by atoms with van der Waals surface area (Å²) in [5.74, 6) is 1.10. The first kappa shape index (κ1) is 13.3. The topological polar surface area (TPSA) is 38.0 Å². The van der Waals surface area contributed by atoms with Crippen LogP contribution in [0.2, 0.25) is 0 Å². The van der Waals surface area contributed by atoms with Gasteiger partial charge >= 0.3 is 0 Å². The summed E-state index contributed by atoms with van der Waals surface area (Å²) in [4.78, 5) is 0. The van der Waals surface area contributed by atoms with Crippen molar-refractivity contribution in [2.45, 2.75) is 24.3 Å². The minimum atomic E-state index is 0.410. The molecule has 0 heterocycles. The summed E-state index contributed by atoms with van der Waals surface area (Å²) < 4.78 is 0. The molecule has 1 saturated carbocycles. The molecule has 3 atom stereocenters. The Morgan fingerprint density at radius 2 is 1.65 bits per heavy atom. The zero-order valence-electron chi connectivity index (χ0n) is 11.7. The predicted molar refractivity (Wildman–Crippen MR) is 83.8 cm³/mol. The molecule has 2 aromatic carbocycles. The fourth-order valence-corrected chi connectivity index (χ4v) is 2.85. The quantitative estimate of drug-likeness (QED) is 0.843. The van der Waals surface area contributed by atoms with E-state index in [0.717, 1.165) is 6.54 Å². The Morgan fingerprint density at radius 1 is 1.00 bits per heavy atom. The Kier molecular flexibility index (Phi) is 4.14. The maximum Gasteiger partial charge on any atom is 0.0143 e. The highest BCUT2D eigenvalue weighted by Crippen LogP contribution is 2.40. The highest BCUT2D eigenvalue weighted by atomic mass is 15.0. The molecule has 2 aromatic rings. The number of nitrogens with one attached hydrogen (secondary N) is 1. The second-order valence-corrected chi connectivity index (χ2v) is 5.61. The van der Waals surface area contributed by atoms with Crippen molar-refractivity contribution in [2.75, 3.05) is 13.1 Å². The number of nitrogens with two attached hydrogens (primary N) is 1. The van der Waals surface area contributed by atoms with E-state index in [1.54, 1.807) is 0 Å². The molecule has 3 N–H and O–H groups in total. The molecule has 104 valence electrons. The van der Waals surface area contributed by atoms with Crippen LogP contribution >= 0.6 is 0 Å². The van der Waals surface area contributed by atoms with Gasteiger partial charge in [0.2, 0.25) is 0 Å². The van der Waals surface area contributed by atoms with Crippen LogP contribution in [0.25, 0.3) is 0 Å². The monoisotopic (exact) mass is 266 g/mol. The SMILES string of the molecule is NCC(CNC1CC1c1ccccc1)c1ccccc1. The fraction of sp³-hybridized carbons (Fsp3) is 0.333. The highest BCUT2D eigenvalue weighted by molar-refractivity contribution is 5.28. The Labute approximate surface area is 121 Å². The average molecular weight is 266 g/mol. The van der Waals surface area contributed by atoms with Gasteiger partial charge in [-0.05, 0) is 17.5 Å². The number of hydrogen-bond acceptors (Lipinski definition) is 2. The van der Waals surface area contributed by atoms with E-state index in [-0.39, 0.29) is 0 Å². The number of benzene rings is 2. The maximum atomic E-state index is 5.92. The molecular weight excluding hydrogens is 244 g/mol. The van der Waals surface area contributed by atoms with Gasteiger partial charge in [-0.2, -0.15) is 0 Å². The lowest BCUT2D eigenvalue weighted by atomic mass is 9.99. The predicted octanol–water partition coefficient (Wildman–Crippen LogP) is 2.87. The number of rotatable bonds is 6. The second-order valence-electron chi connectivity index (χ2n) is 5.61. The molecule has 0 aliphatic heterocycles. The minimum Gasteiger partial charge on any atom is -0.330 e. The summed E-state index contributed by atoms with van der Waals surface area (Å²) in [5.41, 5.74) is 8.70. The van der Waals surface area contributed by atoms with Crippen LogP contribution in [0.4, 0.5) is 0 Å². The van der Waals surface area contributed by atoms with Crippen LogP contribution in [-0.2, 0) is 0 Å². The van der Waals surface area contributed by atoms with E-state index < -0.39 is 0 Å². The summed E-state index contributed by atoms with van der Waals surface area (Å²) in [6, 6.07) is 22.0. The van der Waals surface area contributed by atoms with Gasteiger partial charge in [-0.3, -0.25) is 0 Å². The van der Waals surface area contributed by atoms with Gasteiger partial charge in [-0.25, -0.2) is 0 Å². The minimum absolute atomic E-state index is 0.410. The lowest BCUT2D eigenvalue weighted by Crippen LogP contribution is -2.28. The van der Waals surface area contributed by atoms with Crippen LogP contribution in [0.3, 0.4) is 0 Å². The lowest BCUT2D eigenvalue weighted by Gasteiger charge is -2.16.